The number of furan rings is 1. The van der Waals surface area contributed by atoms with E-state index in [1.54, 1.807) is 0 Å². The summed E-state index contributed by atoms with van der Waals surface area (Å²) in [4.78, 5) is 2.41. The van der Waals surface area contributed by atoms with Crippen LogP contribution in [0, 0.1) is 6.92 Å². The lowest BCUT2D eigenvalue weighted by Crippen LogP contribution is -2.42. The molecular formula is C10H15BrN2O. The van der Waals surface area contributed by atoms with Crippen LogP contribution in [0.1, 0.15) is 11.3 Å². The molecule has 0 spiro atoms. The Morgan fingerprint density at radius 1 is 1.50 bits per heavy atom. The molecule has 3 nitrogen and oxygen atoms in total. The third kappa shape index (κ3) is 2.38. The lowest BCUT2D eigenvalue weighted by atomic mass is 10.2. The average Bonchev–Trinajstić information content (AvgIpc) is 2.47. The predicted molar refractivity (Wildman–Crippen MR) is 59.3 cm³/mol. The topological polar surface area (TPSA) is 28.4 Å². The molecule has 1 aliphatic rings. The molecule has 0 radical (unpaired) electrons. The summed E-state index contributed by atoms with van der Waals surface area (Å²) >= 11 is 3.35. The van der Waals surface area contributed by atoms with Crippen LogP contribution in [-0.4, -0.2) is 31.1 Å². The standard InChI is InChI=1S/C10H15BrN2O/c1-8-6-10(11)14-9(8)7-13-4-2-12-3-5-13/h6,12H,2-5,7H2,1H3. The molecule has 0 bridgehead atoms. The zero-order valence-corrected chi connectivity index (χ0v) is 9.93. The maximum Gasteiger partial charge on any atom is 0.169 e. The summed E-state index contributed by atoms with van der Waals surface area (Å²) < 4.78 is 6.41. The van der Waals surface area contributed by atoms with E-state index >= 15 is 0 Å². The fraction of sp³-hybridized carbons (Fsp3) is 0.600. The second kappa shape index (κ2) is 4.47. The highest BCUT2D eigenvalue weighted by Gasteiger charge is 2.13. The van der Waals surface area contributed by atoms with E-state index in [0.717, 1.165) is 43.2 Å². The van der Waals surface area contributed by atoms with Gasteiger partial charge in [0.25, 0.3) is 0 Å². The monoisotopic (exact) mass is 258 g/mol. The summed E-state index contributed by atoms with van der Waals surface area (Å²) in [6.45, 7) is 7.41. The molecule has 1 aromatic rings. The van der Waals surface area contributed by atoms with Gasteiger partial charge >= 0.3 is 0 Å². The first-order chi connectivity index (χ1) is 6.75. The maximum atomic E-state index is 5.57. The Kier molecular flexibility index (Phi) is 3.26. The molecule has 0 aliphatic carbocycles. The second-order valence-electron chi connectivity index (χ2n) is 3.68. The van der Waals surface area contributed by atoms with Gasteiger partial charge in [0.05, 0.1) is 6.54 Å². The first-order valence-electron chi connectivity index (χ1n) is 4.93. The van der Waals surface area contributed by atoms with Crippen LogP contribution in [0.5, 0.6) is 0 Å². The van der Waals surface area contributed by atoms with Gasteiger partial charge in [-0.2, -0.15) is 0 Å². The minimum Gasteiger partial charge on any atom is -0.453 e. The van der Waals surface area contributed by atoms with Crippen LogP contribution in [0.2, 0.25) is 0 Å². The van der Waals surface area contributed by atoms with Crippen LogP contribution in [0.3, 0.4) is 0 Å². The van der Waals surface area contributed by atoms with E-state index in [9.17, 15) is 0 Å². The molecule has 1 N–H and O–H groups in total. The van der Waals surface area contributed by atoms with Crippen LogP contribution in [0.4, 0.5) is 0 Å². The smallest absolute Gasteiger partial charge is 0.169 e. The zero-order chi connectivity index (χ0) is 9.97. The third-order valence-electron chi connectivity index (χ3n) is 2.57. The summed E-state index contributed by atoms with van der Waals surface area (Å²) in [6, 6.07) is 2.03. The predicted octanol–water partition coefficient (Wildman–Crippen LogP) is 1.76. The first-order valence-corrected chi connectivity index (χ1v) is 5.73. The molecule has 1 aliphatic heterocycles. The Morgan fingerprint density at radius 3 is 2.79 bits per heavy atom. The summed E-state index contributed by atoms with van der Waals surface area (Å²) in [6.07, 6.45) is 0. The van der Waals surface area contributed by atoms with Gasteiger partial charge in [0.2, 0.25) is 0 Å². The molecule has 0 atom stereocenters. The number of rotatable bonds is 2. The van der Waals surface area contributed by atoms with Crippen molar-refractivity contribution < 1.29 is 4.42 Å². The summed E-state index contributed by atoms with van der Waals surface area (Å²) in [7, 11) is 0. The van der Waals surface area contributed by atoms with Crippen molar-refractivity contribution in [3.05, 3.63) is 22.1 Å². The minimum absolute atomic E-state index is 0.833. The van der Waals surface area contributed by atoms with Gasteiger partial charge in [0.1, 0.15) is 5.76 Å². The molecular weight excluding hydrogens is 244 g/mol. The Morgan fingerprint density at radius 2 is 2.21 bits per heavy atom. The van der Waals surface area contributed by atoms with E-state index in [1.807, 2.05) is 6.07 Å². The zero-order valence-electron chi connectivity index (χ0n) is 8.35. The maximum absolute atomic E-state index is 5.57. The molecule has 4 heteroatoms. The van der Waals surface area contributed by atoms with E-state index < -0.39 is 0 Å². The number of hydrogen-bond acceptors (Lipinski definition) is 3. The number of piperazine rings is 1. The molecule has 1 aromatic heterocycles. The molecule has 1 saturated heterocycles. The molecule has 0 amide bonds. The summed E-state index contributed by atoms with van der Waals surface area (Å²) in [5.74, 6) is 1.08. The first kappa shape index (κ1) is 10.2. The van der Waals surface area contributed by atoms with Gasteiger partial charge in [0.15, 0.2) is 4.67 Å². The van der Waals surface area contributed by atoms with Gasteiger partial charge in [-0.25, -0.2) is 0 Å². The van der Waals surface area contributed by atoms with Crippen LogP contribution in [0.15, 0.2) is 15.2 Å². The van der Waals surface area contributed by atoms with E-state index in [1.165, 1.54) is 5.56 Å². The largest absolute Gasteiger partial charge is 0.453 e. The fourth-order valence-electron chi connectivity index (χ4n) is 1.71. The van der Waals surface area contributed by atoms with E-state index in [0.29, 0.717) is 0 Å². The van der Waals surface area contributed by atoms with E-state index in [2.05, 4.69) is 33.1 Å². The highest BCUT2D eigenvalue weighted by atomic mass is 79.9. The van der Waals surface area contributed by atoms with Gasteiger partial charge in [-0.3, -0.25) is 4.90 Å². The Hall–Kier alpha value is -0.320. The van der Waals surface area contributed by atoms with E-state index in [4.69, 9.17) is 4.42 Å². The van der Waals surface area contributed by atoms with Crippen LogP contribution < -0.4 is 5.32 Å². The number of nitrogens with one attached hydrogen (secondary N) is 1. The molecule has 1 fully saturated rings. The van der Waals surface area contributed by atoms with Crippen LogP contribution in [0.25, 0.3) is 0 Å². The lowest BCUT2D eigenvalue weighted by molar-refractivity contribution is 0.214. The normalized spacial score (nSPS) is 18.7. The van der Waals surface area contributed by atoms with Gasteiger partial charge in [-0.15, -0.1) is 0 Å². The van der Waals surface area contributed by atoms with Crippen LogP contribution >= 0.6 is 15.9 Å². The number of halogens is 1. The molecule has 0 saturated carbocycles. The van der Waals surface area contributed by atoms with Crippen molar-refractivity contribution in [3.8, 4) is 0 Å². The number of hydrogen-bond donors (Lipinski definition) is 1. The van der Waals surface area contributed by atoms with E-state index in [-0.39, 0.29) is 0 Å². The average molecular weight is 259 g/mol. The van der Waals surface area contributed by atoms with Crippen molar-refractivity contribution in [2.24, 2.45) is 0 Å². The number of nitrogens with zero attached hydrogens (tertiary/aromatic N) is 1. The molecule has 14 heavy (non-hydrogen) atoms. The molecule has 0 unspecified atom stereocenters. The van der Waals surface area contributed by atoms with Gasteiger partial charge in [-0.05, 0) is 34.5 Å². The van der Waals surface area contributed by atoms with Gasteiger partial charge < -0.3 is 9.73 Å². The lowest BCUT2D eigenvalue weighted by Gasteiger charge is -2.26. The fourth-order valence-corrected chi connectivity index (χ4v) is 2.25. The van der Waals surface area contributed by atoms with Crippen molar-refractivity contribution in [2.45, 2.75) is 13.5 Å². The van der Waals surface area contributed by atoms with Crippen molar-refractivity contribution in [3.63, 3.8) is 0 Å². The Labute approximate surface area is 92.6 Å². The van der Waals surface area contributed by atoms with Gasteiger partial charge in [0, 0.05) is 26.2 Å². The quantitative estimate of drug-likeness (QED) is 0.877. The van der Waals surface area contributed by atoms with Crippen molar-refractivity contribution in [1.82, 2.24) is 10.2 Å². The highest BCUT2D eigenvalue weighted by Crippen LogP contribution is 2.20. The SMILES string of the molecule is Cc1cc(Br)oc1CN1CCNCC1. The summed E-state index contributed by atoms with van der Waals surface area (Å²) in [5, 5.41) is 3.34. The highest BCUT2D eigenvalue weighted by molar-refractivity contribution is 9.10. The van der Waals surface area contributed by atoms with Gasteiger partial charge in [-0.1, -0.05) is 0 Å². The molecule has 2 heterocycles. The third-order valence-corrected chi connectivity index (χ3v) is 2.96. The molecule has 78 valence electrons. The second-order valence-corrected chi connectivity index (χ2v) is 4.46. The summed E-state index contributed by atoms with van der Waals surface area (Å²) in [5.41, 5.74) is 1.23. The van der Waals surface area contributed by atoms with Crippen molar-refractivity contribution in [1.29, 1.82) is 0 Å². The number of aryl methyl sites for hydroxylation is 1. The van der Waals surface area contributed by atoms with Crippen molar-refractivity contribution >= 4 is 15.9 Å². The van der Waals surface area contributed by atoms with Crippen LogP contribution in [-0.2, 0) is 6.54 Å². The molecule has 2 rings (SSSR count). The minimum atomic E-state index is 0.833. The van der Waals surface area contributed by atoms with Crippen molar-refractivity contribution in [2.75, 3.05) is 26.2 Å². The Bertz CT molecular complexity index is 305. The Balaban J connectivity index is 1.98. The molecule has 0 aromatic carbocycles.